The molecule has 5 nitrogen and oxygen atoms in total. The number of sulfonamides is 1. The van der Waals surface area contributed by atoms with Crippen LogP contribution in [0.2, 0.25) is 0 Å². The van der Waals surface area contributed by atoms with Gasteiger partial charge in [0.25, 0.3) is 0 Å². The molecule has 0 unspecified atom stereocenters. The van der Waals surface area contributed by atoms with Crippen molar-refractivity contribution >= 4 is 16.0 Å². The molecule has 0 aliphatic heterocycles. The molecule has 0 bridgehead atoms. The fraction of sp³-hybridized carbons (Fsp3) is 0.889. The molecular formula is C9H16F3NO4S. The first kappa shape index (κ1) is 17.2. The molecule has 1 N–H and O–H groups in total. The summed E-state index contributed by atoms with van der Waals surface area (Å²) >= 11 is 0. The van der Waals surface area contributed by atoms with Gasteiger partial charge in [0, 0.05) is 13.0 Å². The molecule has 0 aliphatic carbocycles. The Hall–Kier alpha value is -0.830. The molecule has 0 fully saturated rings. The highest BCUT2D eigenvalue weighted by atomic mass is 32.2. The predicted octanol–water partition coefficient (Wildman–Crippen LogP) is 1.46. The molecule has 0 atom stereocenters. The molecule has 0 rings (SSSR count). The normalized spacial score (nSPS) is 12.9. The lowest BCUT2D eigenvalue weighted by Crippen LogP contribution is -2.38. The molecule has 0 saturated carbocycles. The van der Waals surface area contributed by atoms with E-state index in [0.717, 1.165) is 0 Å². The molecule has 0 saturated heterocycles. The summed E-state index contributed by atoms with van der Waals surface area (Å²) in [6.07, 6.45) is -5.77. The number of hydrogen-bond donors (Lipinski definition) is 1. The van der Waals surface area contributed by atoms with Crippen molar-refractivity contribution in [2.45, 2.75) is 32.4 Å². The number of carbonyl (C=O) groups is 1. The van der Waals surface area contributed by atoms with Gasteiger partial charge < -0.3 is 5.11 Å². The highest BCUT2D eigenvalue weighted by molar-refractivity contribution is 7.89. The van der Waals surface area contributed by atoms with E-state index < -0.39 is 47.3 Å². The molecule has 0 spiro atoms. The molecule has 0 aliphatic rings. The summed E-state index contributed by atoms with van der Waals surface area (Å²) in [5.41, 5.74) is 0. The molecule has 0 aromatic rings. The van der Waals surface area contributed by atoms with Crippen molar-refractivity contribution < 1.29 is 31.5 Å². The van der Waals surface area contributed by atoms with Crippen LogP contribution in [-0.2, 0) is 14.8 Å². The van der Waals surface area contributed by atoms with Gasteiger partial charge >= 0.3 is 12.1 Å². The lowest BCUT2D eigenvalue weighted by molar-refractivity contribution is -0.137. The van der Waals surface area contributed by atoms with E-state index in [1.807, 2.05) is 0 Å². The third kappa shape index (κ3) is 7.49. The largest absolute Gasteiger partial charge is 0.480 e. The van der Waals surface area contributed by atoms with Gasteiger partial charge in [-0.3, -0.25) is 4.79 Å². The van der Waals surface area contributed by atoms with Crippen molar-refractivity contribution in [3.63, 3.8) is 0 Å². The number of carboxylic acids is 1. The third-order valence-electron chi connectivity index (χ3n) is 2.04. The fourth-order valence-electron chi connectivity index (χ4n) is 1.30. The zero-order valence-electron chi connectivity index (χ0n) is 9.90. The molecule has 0 amide bonds. The van der Waals surface area contributed by atoms with Crippen molar-refractivity contribution in [2.24, 2.45) is 0 Å². The molecular weight excluding hydrogens is 275 g/mol. The second-order valence-corrected chi connectivity index (χ2v) is 5.85. The van der Waals surface area contributed by atoms with E-state index >= 15 is 0 Å². The van der Waals surface area contributed by atoms with Gasteiger partial charge in [0.2, 0.25) is 10.0 Å². The Balaban J connectivity index is 4.50. The van der Waals surface area contributed by atoms with Crippen molar-refractivity contribution in [1.29, 1.82) is 0 Å². The fourth-order valence-corrected chi connectivity index (χ4v) is 2.84. The Labute approximate surface area is 104 Å². The van der Waals surface area contributed by atoms with E-state index in [1.165, 1.54) is 0 Å². The van der Waals surface area contributed by atoms with Crippen molar-refractivity contribution in [2.75, 3.05) is 18.8 Å². The van der Waals surface area contributed by atoms with E-state index in [0.29, 0.717) is 10.7 Å². The maximum absolute atomic E-state index is 11.9. The molecule has 0 aromatic heterocycles. The van der Waals surface area contributed by atoms with Crippen LogP contribution in [-0.4, -0.2) is 48.8 Å². The number of nitrogens with zero attached hydrogens (tertiary/aromatic N) is 1. The average molecular weight is 291 g/mol. The van der Waals surface area contributed by atoms with Gasteiger partial charge in [-0.25, -0.2) is 8.42 Å². The summed E-state index contributed by atoms with van der Waals surface area (Å²) in [5, 5.41) is 8.54. The van der Waals surface area contributed by atoms with Crippen LogP contribution in [0.1, 0.15) is 26.2 Å². The maximum atomic E-state index is 11.9. The van der Waals surface area contributed by atoms with Crippen LogP contribution in [0.3, 0.4) is 0 Å². The zero-order valence-corrected chi connectivity index (χ0v) is 10.7. The molecule has 108 valence electrons. The minimum atomic E-state index is -4.40. The predicted molar refractivity (Wildman–Crippen MR) is 58.6 cm³/mol. The summed E-state index contributed by atoms with van der Waals surface area (Å²) in [6.45, 7) is 0.920. The first-order valence-corrected chi connectivity index (χ1v) is 6.96. The lowest BCUT2D eigenvalue weighted by atomic mass is 10.3. The minimum absolute atomic E-state index is 0.0132. The first-order chi connectivity index (χ1) is 8.08. The Bertz CT molecular complexity index is 366. The van der Waals surface area contributed by atoms with E-state index in [9.17, 15) is 26.4 Å². The number of halogens is 3. The number of hydrogen-bond acceptors (Lipinski definition) is 3. The molecule has 9 heteroatoms. The van der Waals surface area contributed by atoms with Crippen LogP contribution in [0.15, 0.2) is 0 Å². The van der Waals surface area contributed by atoms with Crippen molar-refractivity contribution in [1.82, 2.24) is 4.31 Å². The summed E-state index contributed by atoms with van der Waals surface area (Å²) in [4.78, 5) is 10.5. The Morgan fingerprint density at radius 1 is 1.33 bits per heavy atom. The highest BCUT2D eigenvalue weighted by Crippen LogP contribution is 2.22. The summed E-state index contributed by atoms with van der Waals surface area (Å²) < 4.78 is 59.6. The monoisotopic (exact) mass is 291 g/mol. The second kappa shape index (κ2) is 6.93. The van der Waals surface area contributed by atoms with E-state index in [2.05, 4.69) is 0 Å². The number of alkyl halides is 3. The quantitative estimate of drug-likeness (QED) is 0.734. The SMILES string of the molecule is CCCN(CC(=O)O)S(=O)(=O)CCCC(F)(F)F. The Morgan fingerprint density at radius 3 is 2.28 bits per heavy atom. The van der Waals surface area contributed by atoms with E-state index in [-0.39, 0.29) is 6.54 Å². The molecule has 18 heavy (non-hydrogen) atoms. The van der Waals surface area contributed by atoms with E-state index in [1.54, 1.807) is 6.92 Å². The molecule has 0 heterocycles. The second-order valence-electron chi connectivity index (χ2n) is 3.76. The summed E-state index contributed by atoms with van der Waals surface area (Å²) in [7, 11) is -3.95. The molecule has 0 radical (unpaired) electrons. The van der Waals surface area contributed by atoms with Gasteiger partial charge in [-0.05, 0) is 12.8 Å². The van der Waals surface area contributed by atoms with Gasteiger partial charge in [0.1, 0.15) is 6.54 Å². The van der Waals surface area contributed by atoms with Crippen molar-refractivity contribution in [3.05, 3.63) is 0 Å². The van der Waals surface area contributed by atoms with Gasteiger partial charge in [-0.2, -0.15) is 17.5 Å². The van der Waals surface area contributed by atoms with Crippen molar-refractivity contribution in [3.8, 4) is 0 Å². The topological polar surface area (TPSA) is 74.7 Å². The zero-order chi connectivity index (χ0) is 14.4. The van der Waals surface area contributed by atoms with E-state index in [4.69, 9.17) is 5.11 Å². The van der Waals surface area contributed by atoms with Gasteiger partial charge in [0.15, 0.2) is 0 Å². The van der Waals surface area contributed by atoms with Crippen LogP contribution in [0, 0.1) is 0 Å². The van der Waals surface area contributed by atoms with Gasteiger partial charge in [0.05, 0.1) is 5.75 Å². The number of carboxylic acid groups (broad SMARTS) is 1. The highest BCUT2D eigenvalue weighted by Gasteiger charge is 2.29. The minimum Gasteiger partial charge on any atom is -0.480 e. The third-order valence-corrected chi connectivity index (χ3v) is 3.94. The van der Waals surface area contributed by atoms with Crippen LogP contribution in [0.4, 0.5) is 13.2 Å². The van der Waals surface area contributed by atoms with Crippen LogP contribution >= 0.6 is 0 Å². The van der Waals surface area contributed by atoms with Crippen LogP contribution < -0.4 is 0 Å². The molecule has 0 aromatic carbocycles. The maximum Gasteiger partial charge on any atom is 0.389 e. The number of rotatable bonds is 8. The first-order valence-electron chi connectivity index (χ1n) is 5.35. The standard InChI is InChI=1S/C9H16F3NO4S/c1-2-5-13(7-8(14)15)18(16,17)6-3-4-9(10,11)12/h2-7H2,1H3,(H,14,15). The van der Waals surface area contributed by atoms with Gasteiger partial charge in [-0.15, -0.1) is 0 Å². The Morgan fingerprint density at radius 2 is 1.89 bits per heavy atom. The summed E-state index contributed by atoms with van der Waals surface area (Å²) in [6, 6.07) is 0. The van der Waals surface area contributed by atoms with Gasteiger partial charge in [-0.1, -0.05) is 6.92 Å². The smallest absolute Gasteiger partial charge is 0.389 e. The van der Waals surface area contributed by atoms with Crippen LogP contribution in [0.25, 0.3) is 0 Å². The Kier molecular flexibility index (Phi) is 6.61. The summed E-state index contributed by atoms with van der Waals surface area (Å²) in [5.74, 6) is -2.03. The number of aliphatic carboxylic acids is 1. The lowest BCUT2D eigenvalue weighted by Gasteiger charge is -2.19. The average Bonchev–Trinajstić information content (AvgIpc) is 2.13. The van der Waals surface area contributed by atoms with Crippen LogP contribution in [0.5, 0.6) is 0 Å².